The standard InChI is InChI=1S/C14H22N2/c1-11-4-5-12(2)13(8-11)9-14-10-15-6-7-16(14)3/h4-5,8,14-15H,6-7,9-10H2,1-3H3. The number of rotatable bonds is 2. The Kier molecular flexibility index (Phi) is 3.62. The molecule has 0 saturated carbocycles. The molecule has 1 saturated heterocycles. The van der Waals surface area contributed by atoms with Crippen LogP contribution in [0, 0.1) is 13.8 Å². The Balaban J connectivity index is 2.10. The van der Waals surface area contributed by atoms with Crippen molar-refractivity contribution in [3.05, 3.63) is 34.9 Å². The summed E-state index contributed by atoms with van der Waals surface area (Å²) in [5.41, 5.74) is 4.29. The zero-order chi connectivity index (χ0) is 11.5. The van der Waals surface area contributed by atoms with Gasteiger partial charge in [0.2, 0.25) is 0 Å². The number of nitrogens with zero attached hydrogens (tertiary/aromatic N) is 1. The SMILES string of the molecule is Cc1ccc(C)c(CC2CNCCN2C)c1. The van der Waals surface area contributed by atoms with Crippen LogP contribution in [0.1, 0.15) is 16.7 Å². The molecule has 1 atom stereocenters. The van der Waals surface area contributed by atoms with Gasteiger partial charge in [0.25, 0.3) is 0 Å². The topological polar surface area (TPSA) is 15.3 Å². The Morgan fingerprint density at radius 2 is 2.19 bits per heavy atom. The predicted molar refractivity (Wildman–Crippen MR) is 68.9 cm³/mol. The molecule has 1 fully saturated rings. The summed E-state index contributed by atoms with van der Waals surface area (Å²) < 4.78 is 0. The van der Waals surface area contributed by atoms with E-state index in [1.165, 1.54) is 16.7 Å². The van der Waals surface area contributed by atoms with Gasteiger partial charge in [-0.3, -0.25) is 0 Å². The van der Waals surface area contributed by atoms with Crippen molar-refractivity contribution in [1.82, 2.24) is 10.2 Å². The second kappa shape index (κ2) is 4.98. The summed E-state index contributed by atoms with van der Waals surface area (Å²) in [6.45, 7) is 7.79. The quantitative estimate of drug-likeness (QED) is 0.813. The minimum atomic E-state index is 0.647. The molecule has 1 aromatic rings. The minimum Gasteiger partial charge on any atom is -0.314 e. The van der Waals surface area contributed by atoms with Crippen LogP contribution in [0.3, 0.4) is 0 Å². The summed E-state index contributed by atoms with van der Waals surface area (Å²) in [7, 11) is 2.23. The molecular formula is C14H22N2. The van der Waals surface area contributed by atoms with Crippen LogP contribution in [0.5, 0.6) is 0 Å². The first-order chi connectivity index (χ1) is 7.66. The molecule has 0 amide bonds. The van der Waals surface area contributed by atoms with E-state index in [1.54, 1.807) is 0 Å². The third kappa shape index (κ3) is 2.63. The lowest BCUT2D eigenvalue weighted by atomic mass is 9.97. The zero-order valence-corrected chi connectivity index (χ0v) is 10.6. The van der Waals surface area contributed by atoms with Crippen LogP contribution in [-0.4, -0.2) is 37.6 Å². The number of hydrogen-bond donors (Lipinski definition) is 1. The molecule has 2 rings (SSSR count). The summed E-state index contributed by atoms with van der Waals surface area (Å²) >= 11 is 0. The monoisotopic (exact) mass is 218 g/mol. The fourth-order valence-corrected chi connectivity index (χ4v) is 2.36. The fraction of sp³-hybridized carbons (Fsp3) is 0.571. The van der Waals surface area contributed by atoms with Gasteiger partial charge in [-0.15, -0.1) is 0 Å². The molecule has 0 aliphatic carbocycles. The average molecular weight is 218 g/mol. The van der Waals surface area contributed by atoms with Crippen molar-refractivity contribution < 1.29 is 0 Å². The Morgan fingerprint density at radius 3 is 2.94 bits per heavy atom. The minimum absolute atomic E-state index is 0.647. The van der Waals surface area contributed by atoms with Gasteiger partial charge in [0.15, 0.2) is 0 Å². The van der Waals surface area contributed by atoms with E-state index in [2.05, 4.69) is 49.3 Å². The molecule has 0 radical (unpaired) electrons. The Hall–Kier alpha value is -0.860. The van der Waals surface area contributed by atoms with E-state index in [1.807, 2.05) is 0 Å². The Labute approximate surface area is 98.7 Å². The van der Waals surface area contributed by atoms with Crippen LogP contribution in [-0.2, 0) is 6.42 Å². The second-order valence-electron chi connectivity index (χ2n) is 4.97. The lowest BCUT2D eigenvalue weighted by Crippen LogP contribution is -2.50. The summed E-state index contributed by atoms with van der Waals surface area (Å²) in [6, 6.07) is 7.41. The van der Waals surface area contributed by atoms with Crippen LogP contribution in [0.25, 0.3) is 0 Å². The molecule has 16 heavy (non-hydrogen) atoms. The van der Waals surface area contributed by atoms with Crippen molar-refractivity contribution in [1.29, 1.82) is 0 Å². The van der Waals surface area contributed by atoms with Gasteiger partial charge in [-0.1, -0.05) is 23.8 Å². The molecule has 2 nitrogen and oxygen atoms in total. The maximum Gasteiger partial charge on any atom is 0.0258 e. The molecule has 1 heterocycles. The van der Waals surface area contributed by atoms with Crippen LogP contribution in [0.15, 0.2) is 18.2 Å². The number of piperazine rings is 1. The second-order valence-corrected chi connectivity index (χ2v) is 4.97. The molecule has 0 bridgehead atoms. The molecule has 1 aliphatic heterocycles. The molecular weight excluding hydrogens is 196 g/mol. The molecule has 1 N–H and O–H groups in total. The van der Waals surface area contributed by atoms with Gasteiger partial charge in [0, 0.05) is 25.7 Å². The van der Waals surface area contributed by atoms with Gasteiger partial charge >= 0.3 is 0 Å². The van der Waals surface area contributed by atoms with Gasteiger partial charge in [-0.05, 0) is 38.4 Å². The number of benzene rings is 1. The van der Waals surface area contributed by atoms with Gasteiger partial charge < -0.3 is 10.2 Å². The molecule has 0 aromatic heterocycles. The lowest BCUT2D eigenvalue weighted by Gasteiger charge is -2.33. The largest absolute Gasteiger partial charge is 0.314 e. The van der Waals surface area contributed by atoms with Gasteiger partial charge in [0.1, 0.15) is 0 Å². The van der Waals surface area contributed by atoms with Crippen LogP contribution < -0.4 is 5.32 Å². The highest BCUT2D eigenvalue weighted by Crippen LogP contribution is 2.15. The number of likely N-dealkylation sites (N-methyl/N-ethyl adjacent to an activating group) is 1. The molecule has 2 heteroatoms. The van der Waals surface area contributed by atoms with E-state index < -0.39 is 0 Å². The predicted octanol–water partition coefficient (Wildman–Crippen LogP) is 1.75. The van der Waals surface area contributed by atoms with E-state index >= 15 is 0 Å². The summed E-state index contributed by atoms with van der Waals surface area (Å²) in [6.07, 6.45) is 1.16. The third-order valence-electron chi connectivity index (χ3n) is 3.60. The van der Waals surface area contributed by atoms with Crippen molar-refractivity contribution in [3.8, 4) is 0 Å². The average Bonchev–Trinajstić information content (AvgIpc) is 2.27. The van der Waals surface area contributed by atoms with E-state index in [0.29, 0.717) is 6.04 Å². The molecule has 1 aliphatic rings. The van der Waals surface area contributed by atoms with Gasteiger partial charge in [-0.25, -0.2) is 0 Å². The Bertz CT molecular complexity index is 360. The summed E-state index contributed by atoms with van der Waals surface area (Å²) in [4.78, 5) is 2.47. The number of nitrogens with one attached hydrogen (secondary N) is 1. The van der Waals surface area contributed by atoms with Crippen LogP contribution in [0.2, 0.25) is 0 Å². The van der Waals surface area contributed by atoms with Crippen molar-refractivity contribution in [3.63, 3.8) is 0 Å². The molecule has 0 spiro atoms. The summed E-state index contributed by atoms with van der Waals surface area (Å²) in [5.74, 6) is 0. The van der Waals surface area contributed by atoms with Gasteiger partial charge in [-0.2, -0.15) is 0 Å². The first-order valence-corrected chi connectivity index (χ1v) is 6.14. The highest BCUT2D eigenvalue weighted by atomic mass is 15.2. The highest BCUT2D eigenvalue weighted by molar-refractivity contribution is 5.31. The highest BCUT2D eigenvalue weighted by Gasteiger charge is 2.19. The summed E-state index contributed by atoms with van der Waals surface area (Å²) in [5, 5.41) is 3.48. The fourth-order valence-electron chi connectivity index (χ4n) is 2.36. The molecule has 88 valence electrons. The van der Waals surface area contributed by atoms with Crippen molar-refractivity contribution >= 4 is 0 Å². The van der Waals surface area contributed by atoms with E-state index in [9.17, 15) is 0 Å². The smallest absolute Gasteiger partial charge is 0.0258 e. The first kappa shape index (κ1) is 11.6. The maximum atomic E-state index is 3.48. The van der Waals surface area contributed by atoms with E-state index in [-0.39, 0.29) is 0 Å². The maximum absolute atomic E-state index is 3.48. The lowest BCUT2D eigenvalue weighted by molar-refractivity contribution is 0.199. The van der Waals surface area contributed by atoms with Crippen molar-refractivity contribution in [2.24, 2.45) is 0 Å². The van der Waals surface area contributed by atoms with E-state index in [4.69, 9.17) is 0 Å². The van der Waals surface area contributed by atoms with Crippen molar-refractivity contribution in [2.45, 2.75) is 26.3 Å². The number of aryl methyl sites for hydroxylation is 2. The molecule has 1 aromatic carbocycles. The van der Waals surface area contributed by atoms with Crippen LogP contribution >= 0.6 is 0 Å². The van der Waals surface area contributed by atoms with E-state index in [0.717, 1.165) is 26.1 Å². The van der Waals surface area contributed by atoms with Crippen LogP contribution in [0.4, 0.5) is 0 Å². The molecule has 1 unspecified atom stereocenters. The van der Waals surface area contributed by atoms with Crippen molar-refractivity contribution in [2.75, 3.05) is 26.7 Å². The first-order valence-electron chi connectivity index (χ1n) is 6.14. The number of hydrogen-bond acceptors (Lipinski definition) is 2. The normalized spacial score (nSPS) is 22.3. The Morgan fingerprint density at radius 1 is 1.38 bits per heavy atom. The third-order valence-corrected chi connectivity index (χ3v) is 3.60. The van der Waals surface area contributed by atoms with Gasteiger partial charge in [0.05, 0.1) is 0 Å². The zero-order valence-electron chi connectivity index (χ0n) is 10.6.